The van der Waals surface area contributed by atoms with Crippen LogP contribution in [0.1, 0.15) is 26.2 Å². The molecule has 0 aromatic carbocycles. The van der Waals surface area contributed by atoms with E-state index < -0.39 is 5.60 Å². The molecule has 18 heavy (non-hydrogen) atoms. The fourth-order valence-corrected chi connectivity index (χ4v) is 2.45. The van der Waals surface area contributed by atoms with Crippen LogP contribution in [-0.4, -0.2) is 61.8 Å². The van der Waals surface area contributed by atoms with Crippen molar-refractivity contribution in [1.29, 1.82) is 0 Å². The second-order valence-electron chi connectivity index (χ2n) is 5.91. The van der Waals surface area contributed by atoms with Gasteiger partial charge in [0.15, 0.2) is 0 Å². The van der Waals surface area contributed by atoms with E-state index in [2.05, 4.69) is 10.6 Å². The van der Waals surface area contributed by atoms with Crippen LogP contribution in [0.4, 0.5) is 0 Å². The minimum absolute atomic E-state index is 0.0564. The lowest BCUT2D eigenvalue weighted by Gasteiger charge is -2.28. The first-order chi connectivity index (χ1) is 8.39. The van der Waals surface area contributed by atoms with Crippen LogP contribution in [0.5, 0.6) is 0 Å². The van der Waals surface area contributed by atoms with Crippen molar-refractivity contribution in [1.82, 2.24) is 15.5 Å². The van der Waals surface area contributed by atoms with Crippen molar-refractivity contribution in [3.05, 3.63) is 0 Å². The summed E-state index contributed by atoms with van der Waals surface area (Å²) < 4.78 is 0. The zero-order valence-corrected chi connectivity index (χ0v) is 11.8. The smallest absolute Gasteiger partial charge is 0.220 e. The Labute approximate surface area is 110 Å². The summed E-state index contributed by atoms with van der Waals surface area (Å²) in [6, 6.07) is 0. The molecule has 1 aliphatic rings. The second-order valence-corrected chi connectivity index (χ2v) is 5.91. The summed E-state index contributed by atoms with van der Waals surface area (Å²) in [5.74, 6) is 0.547. The standard InChI is InChI=1S/C13H27N3O2/c1-13(18,10-16(2)3)9-15-12(17)8-11-4-6-14-7-5-11/h11,14,18H,4-10H2,1-3H3,(H,15,17). The summed E-state index contributed by atoms with van der Waals surface area (Å²) in [4.78, 5) is 13.7. The molecule has 5 nitrogen and oxygen atoms in total. The summed E-state index contributed by atoms with van der Waals surface area (Å²) in [5, 5.41) is 16.2. The van der Waals surface area contributed by atoms with Crippen molar-refractivity contribution >= 4 is 5.91 Å². The number of amides is 1. The van der Waals surface area contributed by atoms with Crippen molar-refractivity contribution in [2.45, 2.75) is 31.8 Å². The molecule has 0 saturated carbocycles. The molecule has 0 aromatic heterocycles. The maximum atomic E-state index is 11.8. The normalized spacial score (nSPS) is 20.7. The van der Waals surface area contributed by atoms with Gasteiger partial charge in [0.05, 0.1) is 5.60 Å². The fraction of sp³-hybridized carbons (Fsp3) is 0.923. The van der Waals surface area contributed by atoms with Crippen molar-refractivity contribution in [3.63, 3.8) is 0 Å². The Kier molecular flexibility index (Phi) is 6.05. The van der Waals surface area contributed by atoms with Crippen LogP contribution >= 0.6 is 0 Å². The highest BCUT2D eigenvalue weighted by Crippen LogP contribution is 2.15. The highest BCUT2D eigenvalue weighted by molar-refractivity contribution is 5.76. The van der Waals surface area contributed by atoms with Crippen LogP contribution in [0.2, 0.25) is 0 Å². The van der Waals surface area contributed by atoms with Gasteiger partial charge >= 0.3 is 0 Å². The molecule has 1 amide bonds. The van der Waals surface area contributed by atoms with E-state index in [-0.39, 0.29) is 5.91 Å². The average molecular weight is 257 g/mol. The van der Waals surface area contributed by atoms with Gasteiger partial charge in [0.25, 0.3) is 0 Å². The van der Waals surface area contributed by atoms with E-state index >= 15 is 0 Å². The molecular formula is C13H27N3O2. The average Bonchev–Trinajstić information content (AvgIpc) is 2.26. The summed E-state index contributed by atoms with van der Waals surface area (Å²) >= 11 is 0. The van der Waals surface area contributed by atoms with E-state index in [1.165, 1.54) is 0 Å². The molecule has 1 atom stereocenters. The van der Waals surface area contributed by atoms with E-state index in [4.69, 9.17) is 0 Å². The quantitative estimate of drug-likeness (QED) is 0.617. The second kappa shape index (κ2) is 7.07. The molecule has 1 fully saturated rings. The van der Waals surface area contributed by atoms with Gasteiger partial charge in [-0.1, -0.05) is 0 Å². The molecule has 1 unspecified atom stereocenters. The molecule has 5 heteroatoms. The number of carbonyl (C=O) groups excluding carboxylic acids is 1. The number of aliphatic hydroxyl groups is 1. The highest BCUT2D eigenvalue weighted by Gasteiger charge is 2.23. The fourth-order valence-electron chi connectivity index (χ4n) is 2.45. The highest BCUT2D eigenvalue weighted by atomic mass is 16.3. The van der Waals surface area contributed by atoms with E-state index in [0.29, 0.717) is 25.4 Å². The van der Waals surface area contributed by atoms with Gasteiger partial charge in [0, 0.05) is 19.5 Å². The predicted molar refractivity (Wildman–Crippen MR) is 72.4 cm³/mol. The third kappa shape index (κ3) is 6.33. The molecule has 0 spiro atoms. The third-order valence-electron chi connectivity index (χ3n) is 3.26. The van der Waals surface area contributed by atoms with Gasteiger partial charge < -0.3 is 20.6 Å². The van der Waals surface area contributed by atoms with Crippen LogP contribution in [0, 0.1) is 5.92 Å². The van der Waals surface area contributed by atoms with Gasteiger partial charge in [-0.3, -0.25) is 4.79 Å². The zero-order chi connectivity index (χ0) is 13.6. The molecule has 1 heterocycles. The van der Waals surface area contributed by atoms with Gasteiger partial charge in [0.2, 0.25) is 5.91 Å². The van der Waals surface area contributed by atoms with Crippen molar-refractivity contribution < 1.29 is 9.90 Å². The molecule has 0 aliphatic carbocycles. The monoisotopic (exact) mass is 257 g/mol. The Morgan fingerprint density at radius 3 is 2.61 bits per heavy atom. The Balaban J connectivity index is 2.23. The Morgan fingerprint density at radius 2 is 2.06 bits per heavy atom. The van der Waals surface area contributed by atoms with E-state index in [1.54, 1.807) is 6.92 Å². The van der Waals surface area contributed by atoms with E-state index in [9.17, 15) is 9.90 Å². The molecule has 0 bridgehead atoms. The van der Waals surface area contributed by atoms with Crippen LogP contribution < -0.4 is 10.6 Å². The van der Waals surface area contributed by atoms with Crippen molar-refractivity contribution in [2.75, 3.05) is 40.3 Å². The molecule has 1 saturated heterocycles. The first-order valence-corrected chi connectivity index (χ1v) is 6.73. The predicted octanol–water partition coefficient (Wildman–Crippen LogP) is -0.195. The van der Waals surface area contributed by atoms with Gasteiger partial charge in [0.1, 0.15) is 0 Å². The molecule has 106 valence electrons. The Morgan fingerprint density at radius 1 is 1.44 bits per heavy atom. The molecule has 3 N–H and O–H groups in total. The van der Waals surface area contributed by atoms with Crippen LogP contribution in [-0.2, 0) is 4.79 Å². The summed E-state index contributed by atoms with van der Waals surface area (Å²) in [5.41, 5.74) is -0.868. The molecule has 0 radical (unpaired) electrons. The maximum Gasteiger partial charge on any atom is 0.220 e. The lowest BCUT2D eigenvalue weighted by atomic mass is 9.94. The Bertz CT molecular complexity index is 261. The largest absolute Gasteiger partial charge is 0.387 e. The minimum Gasteiger partial charge on any atom is -0.387 e. The minimum atomic E-state index is -0.868. The van der Waals surface area contributed by atoms with Crippen LogP contribution in [0.15, 0.2) is 0 Å². The zero-order valence-electron chi connectivity index (χ0n) is 11.8. The summed E-state index contributed by atoms with van der Waals surface area (Å²) in [7, 11) is 3.82. The first kappa shape index (κ1) is 15.4. The van der Waals surface area contributed by atoms with E-state index in [0.717, 1.165) is 25.9 Å². The Hall–Kier alpha value is -0.650. The number of nitrogens with zero attached hydrogens (tertiary/aromatic N) is 1. The SMILES string of the molecule is CN(C)CC(C)(O)CNC(=O)CC1CCNCC1. The number of hydrogen-bond acceptors (Lipinski definition) is 4. The van der Waals surface area contributed by atoms with Crippen LogP contribution in [0.3, 0.4) is 0 Å². The number of likely N-dealkylation sites (N-methyl/N-ethyl adjacent to an activating group) is 1. The summed E-state index contributed by atoms with van der Waals surface area (Å²) in [6.45, 7) is 4.63. The number of rotatable bonds is 6. The van der Waals surface area contributed by atoms with E-state index in [1.807, 2.05) is 19.0 Å². The third-order valence-corrected chi connectivity index (χ3v) is 3.26. The van der Waals surface area contributed by atoms with Crippen LogP contribution in [0.25, 0.3) is 0 Å². The maximum absolute atomic E-state index is 11.8. The van der Waals surface area contributed by atoms with Crippen molar-refractivity contribution in [3.8, 4) is 0 Å². The topological polar surface area (TPSA) is 64.6 Å². The molecular weight excluding hydrogens is 230 g/mol. The summed E-state index contributed by atoms with van der Waals surface area (Å²) in [6.07, 6.45) is 2.72. The van der Waals surface area contributed by atoms with Crippen molar-refractivity contribution in [2.24, 2.45) is 5.92 Å². The van der Waals surface area contributed by atoms with Gasteiger partial charge in [-0.15, -0.1) is 0 Å². The van der Waals surface area contributed by atoms with Gasteiger partial charge in [-0.25, -0.2) is 0 Å². The molecule has 0 aromatic rings. The number of nitrogens with one attached hydrogen (secondary N) is 2. The number of piperidine rings is 1. The lowest BCUT2D eigenvalue weighted by molar-refractivity contribution is -0.123. The molecule has 1 rings (SSSR count). The van der Waals surface area contributed by atoms with Gasteiger partial charge in [-0.05, 0) is 52.9 Å². The number of carbonyl (C=O) groups is 1. The lowest BCUT2D eigenvalue weighted by Crippen LogP contribution is -2.47. The number of hydrogen-bond donors (Lipinski definition) is 3. The first-order valence-electron chi connectivity index (χ1n) is 6.73. The molecule has 1 aliphatic heterocycles. The van der Waals surface area contributed by atoms with Gasteiger partial charge in [-0.2, -0.15) is 0 Å².